The second-order valence-electron chi connectivity index (χ2n) is 7.32. The number of rotatable bonds is 5. The van der Waals surface area contributed by atoms with Gasteiger partial charge in [0.2, 0.25) is 11.8 Å². The van der Waals surface area contributed by atoms with Crippen LogP contribution in [0.25, 0.3) is 0 Å². The van der Waals surface area contributed by atoms with Gasteiger partial charge in [-0.2, -0.15) is 0 Å². The molecule has 3 aliphatic rings. The Labute approximate surface area is 161 Å². The highest BCUT2D eigenvalue weighted by Gasteiger charge is 2.67. The normalized spacial score (nSPS) is 30.0. The lowest BCUT2D eigenvalue weighted by Gasteiger charge is -2.23. The van der Waals surface area contributed by atoms with E-state index in [1.807, 2.05) is 36.4 Å². The number of ether oxygens (including phenoxy) is 2. The summed E-state index contributed by atoms with van der Waals surface area (Å²) in [5, 5.41) is 2.88. The first-order chi connectivity index (χ1) is 13.6. The highest BCUT2D eigenvalue weighted by molar-refractivity contribution is 6.03. The Balaban J connectivity index is 1.38. The lowest BCUT2D eigenvalue weighted by Crippen LogP contribution is -2.43. The van der Waals surface area contributed by atoms with Crippen LogP contribution in [-0.4, -0.2) is 37.2 Å². The highest BCUT2D eigenvalue weighted by atomic mass is 16.5. The number of carbonyl (C=O) groups is 2. The van der Waals surface area contributed by atoms with Gasteiger partial charge in [0.05, 0.1) is 44.4 Å². The molecular weight excluding hydrogens is 360 g/mol. The Morgan fingerprint density at radius 3 is 2.86 bits per heavy atom. The van der Waals surface area contributed by atoms with Gasteiger partial charge in [-0.05, 0) is 36.4 Å². The van der Waals surface area contributed by atoms with Crippen molar-refractivity contribution in [1.29, 1.82) is 0 Å². The molecule has 5 rings (SSSR count). The van der Waals surface area contributed by atoms with Crippen LogP contribution in [0.5, 0.6) is 5.75 Å². The van der Waals surface area contributed by atoms with E-state index in [0.717, 1.165) is 11.4 Å². The van der Waals surface area contributed by atoms with Crippen LogP contribution in [0.3, 0.4) is 0 Å². The topological polar surface area (TPSA) is 81.0 Å². The first-order valence-electron chi connectivity index (χ1n) is 9.24. The van der Waals surface area contributed by atoms with Gasteiger partial charge in [0.15, 0.2) is 0 Å². The third-order valence-electron chi connectivity index (χ3n) is 5.80. The van der Waals surface area contributed by atoms with Crippen LogP contribution < -0.4 is 15.0 Å². The van der Waals surface area contributed by atoms with Gasteiger partial charge in [-0.3, -0.25) is 9.59 Å². The zero-order chi connectivity index (χ0) is 19.3. The smallest absolute Gasteiger partial charge is 0.234 e. The second-order valence-corrected chi connectivity index (χ2v) is 7.32. The van der Waals surface area contributed by atoms with Crippen molar-refractivity contribution in [2.45, 2.75) is 18.2 Å². The molecular formula is C21H20N2O5. The fourth-order valence-electron chi connectivity index (χ4n) is 4.48. The molecule has 144 valence electrons. The minimum Gasteiger partial charge on any atom is -0.497 e. The van der Waals surface area contributed by atoms with Crippen molar-refractivity contribution in [3.63, 3.8) is 0 Å². The molecule has 4 atom stereocenters. The number of nitrogens with one attached hydrogen (secondary N) is 1. The van der Waals surface area contributed by atoms with Crippen molar-refractivity contribution in [3.05, 3.63) is 60.6 Å². The van der Waals surface area contributed by atoms with Crippen LogP contribution >= 0.6 is 0 Å². The number of furan rings is 1. The largest absolute Gasteiger partial charge is 0.497 e. The predicted octanol–water partition coefficient (Wildman–Crippen LogP) is 1.89. The molecule has 0 aliphatic carbocycles. The summed E-state index contributed by atoms with van der Waals surface area (Å²) in [6.45, 7) is 0.687. The molecule has 3 aliphatic heterocycles. The van der Waals surface area contributed by atoms with Crippen LogP contribution in [0, 0.1) is 11.8 Å². The maximum absolute atomic E-state index is 13.3. The molecule has 2 fully saturated rings. The number of nitrogens with zero attached hydrogens (tertiary/aromatic N) is 1. The second kappa shape index (κ2) is 6.24. The van der Waals surface area contributed by atoms with Crippen LogP contribution in [0.4, 0.5) is 5.69 Å². The minimum atomic E-state index is -0.742. The molecule has 7 nitrogen and oxygen atoms in total. The lowest BCUT2D eigenvalue weighted by molar-refractivity contribution is -0.132. The zero-order valence-electron chi connectivity index (χ0n) is 15.3. The summed E-state index contributed by atoms with van der Waals surface area (Å²) < 4.78 is 16.6. The number of methoxy groups -OCH3 is 1. The molecule has 2 aromatic rings. The molecule has 3 unspecified atom stereocenters. The van der Waals surface area contributed by atoms with Crippen molar-refractivity contribution in [3.8, 4) is 5.75 Å². The third kappa shape index (κ3) is 2.46. The van der Waals surface area contributed by atoms with Crippen molar-refractivity contribution < 1.29 is 23.5 Å². The minimum absolute atomic E-state index is 0.0878. The van der Waals surface area contributed by atoms with Gasteiger partial charge in [-0.25, -0.2) is 0 Å². The fourth-order valence-corrected chi connectivity index (χ4v) is 4.48. The molecule has 7 heteroatoms. The van der Waals surface area contributed by atoms with E-state index < -0.39 is 17.4 Å². The first kappa shape index (κ1) is 17.1. The van der Waals surface area contributed by atoms with Gasteiger partial charge >= 0.3 is 0 Å². The summed E-state index contributed by atoms with van der Waals surface area (Å²) >= 11 is 0. The van der Waals surface area contributed by atoms with Gasteiger partial charge < -0.3 is 24.1 Å². The SMILES string of the molecule is COc1ccc(N2C[C@@]34C=CC(O3)C(C(=O)NCc3ccco3)C4C2=O)cc1. The maximum atomic E-state index is 13.3. The molecule has 0 saturated carbocycles. The molecule has 2 saturated heterocycles. The molecule has 1 aromatic carbocycles. The van der Waals surface area contributed by atoms with E-state index in [1.54, 1.807) is 30.4 Å². The molecule has 0 radical (unpaired) electrons. The highest BCUT2D eigenvalue weighted by Crippen LogP contribution is 2.52. The monoisotopic (exact) mass is 380 g/mol. The summed E-state index contributed by atoms with van der Waals surface area (Å²) in [5.74, 6) is 0.0379. The van der Waals surface area contributed by atoms with Crippen LogP contribution in [-0.2, 0) is 20.9 Å². The molecule has 1 N–H and O–H groups in total. The molecule has 4 heterocycles. The lowest BCUT2D eigenvalue weighted by atomic mass is 9.77. The van der Waals surface area contributed by atoms with Gasteiger partial charge in [-0.1, -0.05) is 12.2 Å². The predicted molar refractivity (Wildman–Crippen MR) is 99.6 cm³/mol. The van der Waals surface area contributed by atoms with Crippen LogP contribution in [0.1, 0.15) is 5.76 Å². The number of carbonyl (C=O) groups excluding carboxylic acids is 2. The van der Waals surface area contributed by atoms with E-state index in [9.17, 15) is 9.59 Å². The number of fused-ring (bicyclic) bond motifs is 1. The van der Waals surface area contributed by atoms with Crippen molar-refractivity contribution in [2.75, 3.05) is 18.6 Å². The number of hydrogen-bond acceptors (Lipinski definition) is 5. The Hall–Kier alpha value is -3.06. The average molecular weight is 380 g/mol. The number of amides is 2. The van der Waals surface area contributed by atoms with Crippen LogP contribution in [0.15, 0.2) is 59.2 Å². The van der Waals surface area contributed by atoms with E-state index in [2.05, 4.69) is 5.32 Å². The zero-order valence-corrected chi connectivity index (χ0v) is 15.3. The van der Waals surface area contributed by atoms with E-state index in [1.165, 1.54) is 0 Å². The van der Waals surface area contributed by atoms with Crippen LogP contribution in [0.2, 0.25) is 0 Å². The Morgan fingerprint density at radius 1 is 1.32 bits per heavy atom. The van der Waals surface area contributed by atoms with E-state index in [0.29, 0.717) is 12.3 Å². The summed E-state index contributed by atoms with van der Waals surface area (Å²) in [6.07, 6.45) is 5.04. The Bertz CT molecular complexity index is 936. The quantitative estimate of drug-likeness (QED) is 0.802. The van der Waals surface area contributed by atoms with Gasteiger partial charge in [-0.15, -0.1) is 0 Å². The van der Waals surface area contributed by atoms with E-state index in [4.69, 9.17) is 13.9 Å². The molecule has 2 bridgehead atoms. The molecule has 2 amide bonds. The summed E-state index contributed by atoms with van der Waals surface area (Å²) in [7, 11) is 1.60. The third-order valence-corrected chi connectivity index (χ3v) is 5.80. The van der Waals surface area contributed by atoms with E-state index in [-0.39, 0.29) is 24.5 Å². The summed E-state index contributed by atoms with van der Waals surface area (Å²) in [6, 6.07) is 10.9. The number of anilines is 1. The molecule has 1 spiro atoms. The van der Waals surface area contributed by atoms with Crippen molar-refractivity contribution in [1.82, 2.24) is 5.32 Å². The van der Waals surface area contributed by atoms with Gasteiger partial charge in [0.1, 0.15) is 17.1 Å². The summed E-state index contributed by atoms with van der Waals surface area (Å²) in [4.78, 5) is 27.8. The fraction of sp³-hybridized carbons (Fsp3) is 0.333. The maximum Gasteiger partial charge on any atom is 0.234 e. The standard InChI is InChI=1S/C21H20N2O5/c1-26-14-6-4-13(5-7-14)23-12-21-9-8-16(28-21)17(18(21)20(23)25)19(24)22-11-15-3-2-10-27-15/h2-10,16-18H,11-12H2,1H3,(H,22,24)/t16?,17?,18?,21-/m1/s1. The number of benzene rings is 1. The Kier molecular flexibility index (Phi) is 3.80. The van der Waals surface area contributed by atoms with Crippen molar-refractivity contribution >= 4 is 17.5 Å². The van der Waals surface area contributed by atoms with Crippen molar-refractivity contribution in [2.24, 2.45) is 11.8 Å². The average Bonchev–Trinajstić information content (AvgIpc) is 3.48. The molecule has 1 aromatic heterocycles. The first-order valence-corrected chi connectivity index (χ1v) is 9.24. The van der Waals surface area contributed by atoms with Gasteiger partial charge in [0.25, 0.3) is 0 Å². The number of hydrogen-bond donors (Lipinski definition) is 1. The van der Waals surface area contributed by atoms with E-state index >= 15 is 0 Å². The summed E-state index contributed by atoms with van der Waals surface area (Å²) in [5.41, 5.74) is 0.0266. The molecule has 28 heavy (non-hydrogen) atoms. The van der Waals surface area contributed by atoms with Gasteiger partial charge in [0, 0.05) is 5.69 Å². The Morgan fingerprint density at radius 2 is 2.14 bits per heavy atom.